The van der Waals surface area contributed by atoms with Gasteiger partial charge in [0.05, 0.1) is 31.8 Å². The van der Waals surface area contributed by atoms with Crippen LogP contribution < -0.4 is 5.32 Å². The van der Waals surface area contributed by atoms with Crippen molar-refractivity contribution in [3.8, 4) is 6.07 Å². The first-order valence-corrected chi connectivity index (χ1v) is 9.44. The average molecular weight is 393 g/mol. The van der Waals surface area contributed by atoms with Crippen molar-refractivity contribution in [2.45, 2.75) is 26.2 Å². The lowest BCUT2D eigenvalue weighted by atomic mass is 9.97. The molecule has 1 amide bonds. The third kappa shape index (κ3) is 4.84. The average Bonchev–Trinajstić information content (AvgIpc) is 3.01. The van der Waals surface area contributed by atoms with E-state index in [2.05, 4.69) is 16.3 Å². The second kappa shape index (κ2) is 9.48. The van der Waals surface area contributed by atoms with Gasteiger partial charge in [0, 0.05) is 19.5 Å². The second-order valence-electron chi connectivity index (χ2n) is 6.28. The molecule has 0 aromatic carbocycles. The number of nitriles is 1. The van der Waals surface area contributed by atoms with Gasteiger partial charge in [0.15, 0.2) is 0 Å². The van der Waals surface area contributed by atoms with Crippen LogP contribution >= 0.6 is 11.3 Å². The molecule has 0 bridgehead atoms. The molecule has 1 N–H and O–H groups in total. The molecule has 0 radical (unpaired) electrons. The molecule has 2 rings (SSSR count). The zero-order chi connectivity index (χ0) is 20.0. The molecule has 146 valence electrons. The number of anilines is 1. The van der Waals surface area contributed by atoms with Gasteiger partial charge in [0.1, 0.15) is 9.88 Å². The van der Waals surface area contributed by atoms with E-state index in [-0.39, 0.29) is 22.3 Å². The Morgan fingerprint density at radius 1 is 1.30 bits per heavy atom. The third-order valence-corrected chi connectivity index (χ3v) is 5.75. The Morgan fingerprint density at radius 3 is 2.63 bits per heavy atom. The van der Waals surface area contributed by atoms with E-state index in [1.54, 1.807) is 6.92 Å². The van der Waals surface area contributed by atoms with Gasteiger partial charge in [-0.1, -0.05) is 0 Å². The Labute approximate surface area is 162 Å². The molecule has 2 heterocycles. The molecule has 1 fully saturated rings. The highest BCUT2D eigenvalue weighted by Crippen LogP contribution is 2.34. The number of hydrogen-bond donors (Lipinski definition) is 1. The van der Waals surface area contributed by atoms with Gasteiger partial charge >= 0.3 is 11.9 Å². The van der Waals surface area contributed by atoms with Gasteiger partial charge in [-0.05, 0) is 31.9 Å². The fourth-order valence-corrected chi connectivity index (χ4v) is 4.25. The standard InChI is InChI=1S/C18H23N3O5S/c1-11-13(17(23)25-2)16(27-14(11)18(24)26-3)20-15(22)12-6-4-8-21(10-12)9-5-7-19/h12H,4-6,8-10H2,1-3H3,(H,20,22). The summed E-state index contributed by atoms with van der Waals surface area (Å²) in [7, 11) is 2.51. The van der Waals surface area contributed by atoms with E-state index < -0.39 is 11.9 Å². The molecule has 1 aliphatic rings. The normalized spacial score (nSPS) is 17.0. The molecule has 1 atom stereocenters. The van der Waals surface area contributed by atoms with Gasteiger partial charge in [-0.3, -0.25) is 4.79 Å². The van der Waals surface area contributed by atoms with Crippen molar-refractivity contribution in [3.05, 3.63) is 16.0 Å². The molecule has 8 nitrogen and oxygen atoms in total. The number of thiophene rings is 1. The van der Waals surface area contributed by atoms with Gasteiger partial charge in [-0.15, -0.1) is 11.3 Å². The van der Waals surface area contributed by atoms with Crippen molar-refractivity contribution in [2.75, 3.05) is 39.2 Å². The van der Waals surface area contributed by atoms with E-state index in [9.17, 15) is 14.4 Å². The third-order valence-electron chi connectivity index (χ3n) is 4.56. The molecule has 1 aliphatic heterocycles. The lowest BCUT2D eigenvalue weighted by molar-refractivity contribution is -0.121. The molecule has 1 aromatic rings. The van der Waals surface area contributed by atoms with Gasteiger partial charge < -0.3 is 19.7 Å². The Morgan fingerprint density at radius 2 is 2.00 bits per heavy atom. The van der Waals surface area contributed by atoms with Crippen molar-refractivity contribution in [1.29, 1.82) is 5.26 Å². The summed E-state index contributed by atoms with van der Waals surface area (Å²) < 4.78 is 9.54. The van der Waals surface area contributed by atoms with Crippen LogP contribution in [-0.2, 0) is 14.3 Å². The Balaban J connectivity index is 2.20. The molecule has 1 aromatic heterocycles. The quantitative estimate of drug-likeness (QED) is 0.738. The van der Waals surface area contributed by atoms with Crippen LogP contribution in [0.25, 0.3) is 0 Å². The molecule has 27 heavy (non-hydrogen) atoms. The number of rotatable bonds is 6. The Kier molecular flexibility index (Phi) is 7.33. The van der Waals surface area contributed by atoms with Crippen molar-refractivity contribution in [3.63, 3.8) is 0 Å². The van der Waals surface area contributed by atoms with Crippen molar-refractivity contribution < 1.29 is 23.9 Å². The number of amides is 1. The first-order chi connectivity index (χ1) is 12.9. The highest BCUT2D eigenvalue weighted by molar-refractivity contribution is 7.18. The summed E-state index contributed by atoms with van der Waals surface area (Å²) in [6.07, 6.45) is 2.02. The maximum Gasteiger partial charge on any atom is 0.348 e. The first kappa shape index (κ1) is 20.9. The fraction of sp³-hybridized carbons (Fsp3) is 0.556. The minimum absolute atomic E-state index is 0.174. The van der Waals surface area contributed by atoms with Crippen LogP contribution in [0, 0.1) is 24.2 Å². The van der Waals surface area contributed by atoms with E-state index in [0.29, 0.717) is 30.1 Å². The SMILES string of the molecule is COC(=O)c1sc(NC(=O)C2CCCN(CCC#N)C2)c(C(=O)OC)c1C. The molecule has 1 unspecified atom stereocenters. The van der Waals surface area contributed by atoms with Crippen LogP contribution in [0.3, 0.4) is 0 Å². The number of carbonyl (C=O) groups excluding carboxylic acids is 3. The smallest absolute Gasteiger partial charge is 0.348 e. The van der Waals surface area contributed by atoms with Gasteiger partial charge in [-0.2, -0.15) is 5.26 Å². The van der Waals surface area contributed by atoms with Gasteiger partial charge in [0.25, 0.3) is 0 Å². The van der Waals surface area contributed by atoms with Crippen LogP contribution in [0.15, 0.2) is 0 Å². The summed E-state index contributed by atoms with van der Waals surface area (Å²) in [5.74, 6) is -1.64. The van der Waals surface area contributed by atoms with E-state index in [1.807, 2.05) is 0 Å². The zero-order valence-corrected chi connectivity index (χ0v) is 16.5. The number of carbonyl (C=O) groups is 3. The minimum atomic E-state index is -0.617. The second-order valence-corrected chi connectivity index (χ2v) is 7.30. The molecular formula is C18H23N3O5S. The summed E-state index contributed by atoms with van der Waals surface area (Å²) in [4.78, 5) is 39.2. The number of likely N-dealkylation sites (tertiary alicyclic amines) is 1. The number of methoxy groups -OCH3 is 2. The lowest BCUT2D eigenvalue weighted by Gasteiger charge is -2.31. The predicted molar refractivity (Wildman–Crippen MR) is 99.8 cm³/mol. The van der Waals surface area contributed by atoms with Gasteiger partial charge in [0.2, 0.25) is 5.91 Å². The number of nitrogens with zero attached hydrogens (tertiary/aromatic N) is 2. The van der Waals surface area contributed by atoms with Crippen LogP contribution in [0.1, 0.15) is 44.9 Å². The first-order valence-electron chi connectivity index (χ1n) is 8.63. The monoisotopic (exact) mass is 393 g/mol. The molecule has 0 aliphatic carbocycles. The van der Waals surface area contributed by atoms with Crippen LogP contribution in [-0.4, -0.2) is 56.6 Å². The summed E-state index contributed by atoms with van der Waals surface area (Å²) in [6.45, 7) is 3.69. The van der Waals surface area contributed by atoms with E-state index in [4.69, 9.17) is 14.7 Å². The highest BCUT2D eigenvalue weighted by Gasteiger charge is 2.30. The van der Waals surface area contributed by atoms with Crippen LogP contribution in [0.5, 0.6) is 0 Å². The summed E-state index contributed by atoms with van der Waals surface area (Å²) in [5, 5.41) is 11.8. The fourth-order valence-electron chi connectivity index (χ4n) is 3.13. The predicted octanol–water partition coefficient (Wildman–Crippen LogP) is 2.19. The maximum atomic E-state index is 12.7. The Bertz CT molecular complexity index is 768. The van der Waals surface area contributed by atoms with Crippen molar-refractivity contribution >= 4 is 34.2 Å². The van der Waals surface area contributed by atoms with Gasteiger partial charge in [-0.25, -0.2) is 9.59 Å². The van der Waals surface area contributed by atoms with Crippen LogP contribution in [0.4, 0.5) is 5.00 Å². The maximum absolute atomic E-state index is 12.7. The Hall–Kier alpha value is -2.44. The molecule has 1 saturated heterocycles. The summed E-state index contributed by atoms with van der Waals surface area (Å²) in [6, 6.07) is 2.11. The van der Waals surface area contributed by atoms with E-state index in [0.717, 1.165) is 30.7 Å². The minimum Gasteiger partial charge on any atom is -0.465 e. The van der Waals surface area contributed by atoms with Crippen molar-refractivity contribution in [2.24, 2.45) is 5.92 Å². The summed E-state index contributed by atoms with van der Waals surface area (Å²) >= 11 is 1.01. The van der Waals surface area contributed by atoms with E-state index in [1.165, 1.54) is 14.2 Å². The molecule has 0 saturated carbocycles. The molecule has 9 heteroatoms. The topological polar surface area (TPSA) is 109 Å². The lowest BCUT2D eigenvalue weighted by Crippen LogP contribution is -2.41. The van der Waals surface area contributed by atoms with E-state index >= 15 is 0 Å². The number of hydrogen-bond acceptors (Lipinski definition) is 8. The highest BCUT2D eigenvalue weighted by atomic mass is 32.1. The zero-order valence-electron chi connectivity index (χ0n) is 15.7. The van der Waals surface area contributed by atoms with Crippen LogP contribution in [0.2, 0.25) is 0 Å². The number of nitrogens with one attached hydrogen (secondary N) is 1. The summed E-state index contributed by atoms with van der Waals surface area (Å²) in [5.41, 5.74) is 0.599. The number of ether oxygens (including phenoxy) is 2. The van der Waals surface area contributed by atoms with Crippen molar-refractivity contribution in [1.82, 2.24) is 4.90 Å². The number of piperidine rings is 1. The molecular weight excluding hydrogens is 370 g/mol. The number of esters is 2. The largest absolute Gasteiger partial charge is 0.465 e. The molecule has 0 spiro atoms.